The number of hydrogen-bond donors (Lipinski definition) is 0. The molecule has 0 spiro atoms. The van der Waals surface area contributed by atoms with Crippen molar-refractivity contribution in [3.63, 3.8) is 0 Å². The van der Waals surface area contributed by atoms with E-state index in [4.69, 9.17) is 4.52 Å². The van der Waals surface area contributed by atoms with E-state index in [1.807, 2.05) is 43.0 Å². The third-order valence-electron chi connectivity index (χ3n) is 5.85. The van der Waals surface area contributed by atoms with Crippen molar-refractivity contribution in [2.75, 3.05) is 26.2 Å². The third kappa shape index (κ3) is 4.66. The maximum atomic E-state index is 13.5. The number of hydrogen-bond acceptors (Lipinski definition) is 5. The van der Waals surface area contributed by atoms with Gasteiger partial charge in [0.1, 0.15) is 5.82 Å². The maximum absolute atomic E-state index is 13.5. The lowest BCUT2D eigenvalue weighted by Gasteiger charge is -2.25. The van der Waals surface area contributed by atoms with E-state index in [9.17, 15) is 9.18 Å². The van der Waals surface area contributed by atoms with Gasteiger partial charge in [-0.3, -0.25) is 9.69 Å². The van der Waals surface area contributed by atoms with Crippen LogP contribution >= 0.6 is 0 Å². The van der Waals surface area contributed by atoms with Crippen LogP contribution in [0.4, 0.5) is 4.39 Å². The zero-order valence-electron chi connectivity index (χ0n) is 18.1. The van der Waals surface area contributed by atoms with Crippen LogP contribution in [-0.4, -0.2) is 52.0 Å². The molecular weight excluding hydrogens is 395 g/mol. The Kier molecular flexibility index (Phi) is 6.13. The van der Waals surface area contributed by atoms with E-state index in [2.05, 4.69) is 15.0 Å². The highest BCUT2D eigenvalue weighted by atomic mass is 19.1. The summed E-state index contributed by atoms with van der Waals surface area (Å²) in [5, 5.41) is 4.09. The van der Waals surface area contributed by atoms with Crippen LogP contribution < -0.4 is 0 Å². The number of aryl methyl sites for hydroxylation is 2. The molecule has 2 aromatic carbocycles. The van der Waals surface area contributed by atoms with Crippen molar-refractivity contribution in [1.82, 2.24) is 19.9 Å². The Morgan fingerprint density at radius 1 is 1.10 bits per heavy atom. The molecule has 31 heavy (non-hydrogen) atoms. The van der Waals surface area contributed by atoms with Crippen LogP contribution in [0.5, 0.6) is 0 Å². The molecule has 1 atom stereocenters. The van der Waals surface area contributed by atoms with Crippen molar-refractivity contribution in [1.29, 1.82) is 0 Å². The van der Waals surface area contributed by atoms with E-state index in [1.165, 1.54) is 6.07 Å². The summed E-state index contributed by atoms with van der Waals surface area (Å²) in [7, 11) is 0. The summed E-state index contributed by atoms with van der Waals surface area (Å²) in [6.07, 6.45) is 0.875. The Labute approximate surface area is 181 Å². The minimum atomic E-state index is -0.254. The summed E-state index contributed by atoms with van der Waals surface area (Å²) in [6, 6.07) is 12.4. The summed E-state index contributed by atoms with van der Waals surface area (Å²) in [4.78, 5) is 21.6. The second kappa shape index (κ2) is 8.98. The summed E-state index contributed by atoms with van der Waals surface area (Å²) in [6.45, 7) is 8.68. The lowest BCUT2D eigenvalue weighted by molar-refractivity contribution is 0.0757. The molecule has 1 aromatic heterocycles. The molecule has 0 saturated carbocycles. The fraction of sp³-hybridized carbons (Fsp3) is 0.375. The molecular formula is C24H27FN4O2. The largest absolute Gasteiger partial charge is 0.337 e. The second-order valence-electron chi connectivity index (χ2n) is 8.15. The number of nitrogens with zero attached hydrogens (tertiary/aromatic N) is 4. The molecule has 1 amide bonds. The van der Waals surface area contributed by atoms with Crippen LogP contribution in [-0.2, 0) is 0 Å². The van der Waals surface area contributed by atoms with Crippen LogP contribution in [0.15, 0.2) is 47.0 Å². The molecule has 6 nitrogen and oxygen atoms in total. The summed E-state index contributed by atoms with van der Waals surface area (Å²) >= 11 is 0. The van der Waals surface area contributed by atoms with E-state index in [0.717, 1.165) is 42.7 Å². The smallest absolute Gasteiger partial charge is 0.253 e. The van der Waals surface area contributed by atoms with Crippen molar-refractivity contribution < 1.29 is 13.7 Å². The van der Waals surface area contributed by atoms with Gasteiger partial charge in [-0.2, -0.15) is 4.98 Å². The van der Waals surface area contributed by atoms with Gasteiger partial charge in [0, 0.05) is 37.3 Å². The third-order valence-corrected chi connectivity index (χ3v) is 5.85. The number of benzene rings is 2. The van der Waals surface area contributed by atoms with Crippen LogP contribution in [0.3, 0.4) is 0 Å². The first-order chi connectivity index (χ1) is 14.9. The van der Waals surface area contributed by atoms with Crippen molar-refractivity contribution in [3.05, 3.63) is 70.9 Å². The Hall–Kier alpha value is -3.06. The van der Waals surface area contributed by atoms with Crippen LogP contribution in [0.1, 0.15) is 46.8 Å². The molecule has 1 saturated heterocycles. The number of halogens is 1. The molecule has 0 aliphatic carbocycles. The normalized spacial score (nSPS) is 16.2. The highest BCUT2D eigenvalue weighted by Crippen LogP contribution is 2.25. The highest BCUT2D eigenvalue weighted by molar-refractivity contribution is 5.94. The van der Waals surface area contributed by atoms with Gasteiger partial charge in [0.25, 0.3) is 5.91 Å². The van der Waals surface area contributed by atoms with Gasteiger partial charge in [-0.25, -0.2) is 4.39 Å². The zero-order valence-corrected chi connectivity index (χ0v) is 18.1. The molecule has 0 bridgehead atoms. The van der Waals surface area contributed by atoms with Gasteiger partial charge >= 0.3 is 0 Å². The van der Waals surface area contributed by atoms with Gasteiger partial charge < -0.3 is 9.42 Å². The van der Waals surface area contributed by atoms with Crippen molar-refractivity contribution in [2.24, 2.45) is 0 Å². The predicted molar refractivity (Wildman–Crippen MR) is 116 cm³/mol. The molecule has 3 aromatic rings. The fourth-order valence-corrected chi connectivity index (χ4v) is 3.95. The summed E-state index contributed by atoms with van der Waals surface area (Å²) in [5.41, 5.74) is 3.09. The van der Waals surface area contributed by atoms with Gasteiger partial charge in [0.2, 0.25) is 11.7 Å². The second-order valence-corrected chi connectivity index (χ2v) is 8.15. The molecule has 4 rings (SSSR count). The van der Waals surface area contributed by atoms with E-state index in [1.54, 1.807) is 19.1 Å². The Balaban J connectivity index is 1.43. The number of carbonyl (C=O) groups is 1. The van der Waals surface area contributed by atoms with Crippen LogP contribution in [0, 0.1) is 19.7 Å². The Morgan fingerprint density at radius 3 is 2.71 bits per heavy atom. The highest BCUT2D eigenvalue weighted by Gasteiger charge is 2.26. The molecule has 0 radical (unpaired) electrons. The molecule has 162 valence electrons. The first kappa shape index (κ1) is 21.2. The topological polar surface area (TPSA) is 62.5 Å². The monoisotopic (exact) mass is 422 g/mol. The van der Waals surface area contributed by atoms with Gasteiger partial charge in [-0.1, -0.05) is 22.9 Å². The van der Waals surface area contributed by atoms with Gasteiger partial charge in [-0.05, 0) is 63.1 Å². The molecule has 1 fully saturated rings. The molecule has 1 aliphatic heterocycles. The van der Waals surface area contributed by atoms with E-state index >= 15 is 0 Å². The minimum Gasteiger partial charge on any atom is -0.337 e. The average Bonchev–Trinajstić information content (AvgIpc) is 3.13. The first-order valence-corrected chi connectivity index (χ1v) is 10.6. The SMILES string of the molecule is Cc1cccc(C(=O)N2CCCN(C(C)c3nc(-c4ccc(F)c(C)c4)no3)CC2)c1. The van der Waals surface area contributed by atoms with Gasteiger partial charge in [-0.15, -0.1) is 0 Å². The number of amides is 1. The number of rotatable bonds is 4. The molecule has 1 unspecified atom stereocenters. The lowest BCUT2D eigenvalue weighted by atomic mass is 10.1. The number of carbonyl (C=O) groups excluding carboxylic acids is 1. The van der Waals surface area contributed by atoms with Crippen LogP contribution in [0.2, 0.25) is 0 Å². The average molecular weight is 423 g/mol. The fourth-order valence-electron chi connectivity index (χ4n) is 3.95. The Morgan fingerprint density at radius 2 is 1.94 bits per heavy atom. The predicted octanol–water partition coefficient (Wildman–Crippen LogP) is 4.40. The number of aromatic nitrogens is 2. The van der Waals surface area contributed by atoms with E-state index in [0.29, 0.717) is 23.8 Å². The molecule has 2 heterocycles. The quantitative estimate of drug-likeness (QED) is 0.624. The van der Waals surface area contributed by atoms with Crippen molar-refractivity contribution >= 4 is 5.91 Å². The van der Waals surface area contributed by atoms with Gasteiger partial charge in [0.05, 0.1) is 6.04 Å². The molecule has 0 N–H and O–H groups in total. The molecule has 7 heteroatoms. The van der Waals surface area contributed by atoms with E-state index in [-0.39, 0.29) is 17.8 Å². The minimum absolute atomic E-state index is 0.0724. The standard InChI is InChI=1S/C24H27FN4O2/c1-16-6-4-7-20(14-16)24(30)29-11-5-10-28(12-13-29)18(3)23-26-22(27-31-23)19-8-9-21(25)17(2)15-19/h4,6-9,14-15,18H,5,10-13H2,1-3H3. The van der Waals surface area contributed by atoms with Crippen molar-refractivity contribution in [3.8, 4) is 11.4 Å². The van der Waals surface area contributed by atoms with E-state index < -0.39 is 0 Å². The van der Waals surface area contributed by atoms with Crippen LogP contribution in [0.25, 0.3) is 11.4 Å². The van der Waals surface area contributed by atoms with Gasteiger partial charge in [0.15, 0.2) is 0 Å². The molecule has 1 aliphatic rings. The summed E-state index contributed by atoms with van der Waals surface area (Å²) < 4.78 is 19.1. The zero-order chi connectivity index (χ0) is 22.0. The lowest BCUT2D eigenvalue weighted by Crippen LogP contribution is -2.36. The van der Waals surface area contributed by atoms with Crippen molar-refractivity contribution in [2.45, 2.75) is 33.2 Å². The maximum Gasteiger partial charge on any atom is 0.253 e. The summed E-state index contributed by atoms with van der Waals surface area (Å²) in [5.74, 6) is 0.798. The first-order valence-electron chi connectivity index (χ1n) is 10.6. The Bertz CT molecular complexity index is 1080.